The quantitative estimate of drug-likeness (QED) is 0.798. The topological polar surface area (TPSA) is 50.4 Å². The van der Waals surface area contributed by atoms with Crippen LogP contribution in [0.25, 0.3) is 5.65 Å². The fourth-order valence-electron chi connectivity index (χ4n) is 2.44. The van der Waals surface area contributed by atoms with Crippen LogP contribution in [0.4, 0.5) is 0 Å². The molecule has 0 bridgehead atoms. The number of rotatable bonds is 1. The SMILES string of the molecule is Oc1cccn2nc(C3CCCCC3)nc12. The summed E-state index contributed by atoms with van der Waals surface area (Å²) in [4.78, 5) is 4.44. The van der Waals surface area contributed by atoms with Gasteiger partial charge in [0, 0.05) is 12.1 Å². The van der Waals surface area contributed by atoms with Crippen LogP contribution in [0.3, 0.4) is 0 Å². The molecule has 3 rings (SSSR count). The van der Waals surface area contributed by atoms with Gasteiger partial charge in [-0.15, -0.1) is 0 Å². The normalized spacial score (nSPS) is 18.0. The van der Waals surface area contributed by atoms with E-state index in [9.17, 15) is 5.11 Å². The van der Waals surface area contributed by atoms with Crippen LogP contribution in [-0.2, 0) is 0 Å². The van der Waals surface area contributed by atoms with Crippen molar-refractivity contribution >= 4 is 5.65 Å². The molecule has 0 saturated heterocycles. The number of aromatic nitrogens is 3. The molecule has 0 aromatic carbocycles. The monoisotopic (exact) mass is 217 g/mol. The van der Waals surface area contributed by atoms with Crippen molar-refractivity contribution in [3.8, 4) is 5.75 Å². The number of hydrogen-bond acceptors (Lipinski definition) is 3. The van der Waals surface area contributed by atoms with Crippen molar-refractivity contribution in [1.82, 2.24) is 14.6 Å². The Balaban J connectivity index is 2.01. The molecule has 1 aliphatic carbocycles. The minimum absolute atomic E-state index is 0.206. The second-order valence-electron chi connectivity index (χ2n) is 4.47. The van der Waals surface area contributed by atoms with E-state index < -0.39 is 0 Å². The molecule has 1 N–H and O–H groups in total. The summed E-state index contributed by atoms with van der Waals surface area (Å²) in [6.07, 6.45) is 8.05. The number of hydrogen-bond donors (Lipinski definition) is 1. The highest BCUT2D eigenvalue weighted by Gasteiger charge is 2.20. The van der Waals surface area contributed by atoms with E-state index in [-0.39, 0.29) is 5.75 Å². The first-order valence-electron chi connectivity index (χ1n) is 5.89. The zero-order chi connectivity index (χ0) is 11.0. The van der Waals surface area contributed by atoms with E-state index in [1.807, 2.05) is 6.20 Å². The summed E-state index contributed by atoms with van der Waals surface area (Å²) in [6.45, 7) is 0. The predicted octanol–water partition coefficient (Wildman–Crippen LogP) is 2.48. The minimum atomic E-state index is 0.206. The maximum absolute atomic E-state index is 9.66. The molecule has 0 atom stereocenters. The third kappa shape index (κ3) is 1.54. The summed E-state index contributed by atoms with van der Waals surface area (Å²) in [6, 6.07) is 3.43. The molecule has 0 spiro atoms. The first-order valence-corrected chi connectivity index (χ1v) is 5.89. The molecule has 0 unspecified atom stereocenters. The van der Waals surface area contributed by atoms with E-state index >= 15 is 0 Å². The highest BCUT2D eigenvalue weighted by atomic mass is 16.3. The van der Waals surface area contributed by atoms with Gasteiger partial charge < -0.3 is 5.11 Å². The fraction of sp³-hybridized carbons (Fsp3) is 0.500. The van der Waals surface area contributed by atoms with Crippen LogP contribution in [-0.4, -0.2) is 19.7 Å². The summed E-state index contributed by atoms with van der Waals surface area (Å²) < 4.78 is 1.67. The smallest absolute Gasteiger partial charge is 0.197 e. The molecular weight excluding hydrogens is 202 g/mol. The van der Waals surface area contributed by atoms with Crippen LogP contribution in [0.5, 0.6) is 5.75 Å². The van der Waals surface area contributed by atoms with Gasteiger partial charge >= 0.3 is 0 Å². The van der Waals surface area contributed by atoms with Crippen LogP contribution in [0, 0.1) is 0 Å². The lowest BCUT2D eigenvalue weighted by molar-refractivity contribution is 0.429. The van der Waals surface area contributed by atoms with Crippen molar-refractivity contribution in [3.05, 3.63) is 24.2 Å². The Morgan fingerprint density at radius 2 is 2.06 bits per heavy atom. The zero-order valence-corrected chi connectivity index (χ0v) is 9.13. The number of aromatic hydroxyl groups is 1. The molecule has 0 amide bonds. The summed E-state index contributed by atoms with van der Waals surface area (Å²) in [5.41, 5.74) is 0.572. The van der Waals surface area contributed by atoms with Crippen LogP contribution in [0.1, 0.15) is 43.8 Å². The van der Waals surface area contributed by atoms with E-state index in [0.29, 0.717) is 11.6 Å². The highest BCUT2D eigenvalue weighted by Crippen LogP contribution is 2.31. The molecule has 4 nitrogen and oxygen atoms in total. The molecule has 0 aliphatic heterocycles. The number of nitrogens with zero attached hydrogens (tertiary/aromatic N) is 3. The molecule has 0 radical (unpaired) electrons. The molecule has 1 saturated carbocycles. The second-order valence-corrected chi connectivity index (χ2v) is 4.47. The van der Waals surface area contributed by atoms with Gasteiger partial charge in [-0.2, -0.15) is 5.10 Å². The van der Waals surface area contributed by atoms with Crippen LogP contribution in [0.2, 0.25) is 0 Å². The molecule has 1 aliphatic rings. The summed E-state index contributed by atoms with van der Waals surface area (Å²) in [7, 11) is 0. The summed E-state index contributed by atoms with van der Waals surface area (Å²) in [5.74, 6) is 1.58. The average molecular weight is 217 g/mol. The van der Waals surface area contributed by atoms with Gasteiger partial charge in [0.2, 0.25) is 0 Å². The van der Waals surface area contributed by atoms with E-state index in [1.54, 1.807) is 16.6 Å². The standard InChI is InChI=1S/C12H15N3O/c16-10-7-4-8-15-12(10)13-11(14-15)9-5-2-1-3-6-9/h4,7-9,16H,1-3,5-6H2. The minimum Gasteiger partial charge on any atom is -0.504 e. The summed E-state index contributed by atoms with van der Waals surface area (Å²) >= 11 is 0. The number of fused-ring (bicyclic) bond motifs is 1. The van der Waals surface area contributed by atoms with Crippen LogP contribution in [0.15, 0.2) is 18.3 Å². The van der Waals surface area contributed by atoms with Crippen molar-refractivity contribution in [2.24, 2.45) is 0 Å². The zero-order valence-electron chi connectivity index (χ0n) is 9.13. The van der Waals surface area contributed by atoms with Gasteiger partial charge in [0.05, 0.1) is 0 Å². The number of pyridine rings is 1. The predicted molar refractivity (Wildman–Crippen MR) is 60.5 cm³/mol. The van der Waals surface area contributed by atoms with E-state index in [2.05, 4.69) is 10.1 Å². The molecule has 84 valence electrons. The Morgan fingerprint density at radius 1 is 1.25 bits per heavy atom. The van der Waals surface area contributed by atoms with Gasteiger partial charge in [0.25, 0.3) is 0 Å². The third-order valence-corrected chi connectivity index (χ3v) is 3.33. The van der Waals surface area contributed by atoms with Gasteiger partial charge in [0.15, 0.2) is 17.2 Å². The molecular formula is C12H15N3O. The first-order chi connectivity index (χ1) is 7.84. The molecule has 16 heavy (non-hydrogen) atoms. The largest absolute Gasteiger partial charge is 0.504 e. The van der Waals surface area contributed by atoms with Gasteiger partial charge in [-0.3, -0.25) is 0 Å². The lowest BCUT2D eigenvalue weighted by Gasteiger charge is -2.17. The Bertz CT molecular complexity index is 500. The maximum Gasteiger partial charge on any atom is 0.197 e. The van der Waals surface area contributed by atoms with Gasteiger partial charge in [-0.25, -0.2) is 9.50 Å². The fourth-order valence-corrected chi connectivity index (χ4v) is 2.44. The van der Waals surface area contributed by atoms with Gasteiger partial charge in [-0.1, -0.05) is 19.3 Å². The summed E-state index contributed by atoms with van der Waals surface area (Å²) in [5, 5.41) is 14.1. The van der Waals surface area contributed by atoms with E-state index in [1.165, 1.54) is 32.1 Å². The Hall–Kier alpha value is -1.58. The Kier molecular flexibility index (Phi) is 2.27. The van der Waals surface area contributed by atoms with Crippen LogP contribution >= 0.6 is 0 Å². The van der Waals surface area contributed by atoms with Crippen molar-refractivity contribution < 1.29 is 5.11 Å². The Morgan fingerprint density at radius 3 is 2.81 bits per heavy atom. The molecule has 2 aromatic heterocycles. The molecule has 2 aromatic rings. The molecule has 1 fully saturated rings. The van der Waals surface area contributed by atoms with E-state index in [0.717, 1.165) is 5.82 Å². The van der Waals surface area contributed by atoms with Crippen molar-refractivity contribution in [3.63, 3.8) is 0 Å². The highest BCUT2D eigenvalue weighted by molar-refractivity contribution is 5.51. The van der Waals surface area contributed by atoms with Crippen LogP contribution < -0.4 is 0 Å². The Labute approximate surface area is 93.9 Å². The second kappa shape index (κ2) is 3.77. The van der Waals surface area contributed by atoms with Gasteiger partial charge in [-0.05, 0) is 25.0 Å². The first kappa shape index (κ1) is 9.63. The van der Waals surface area contributed by atoms with Crippen molar-refractivity contribution in [2.75, 3.05) is 0 Å². The molecule has 4 heteroatoms. The van der Waals surface area contributed by atoms with E-state index in [4.69, 9.17) is 0 Å². The van der Waals surface area contributed by atoms with Gasteiger partial charge in [0.1, 0.15) is 0 Å². The average Bonchev–Trinajstić information content (AvgIpc) is 2.76. The van der Waals surface area contributed by atoms with Crippen molar-refractivity contribution in [2.45, 2.75) is 38.0 Å². The lowest BCUT2D eigenvalue weighted by Crippen LogP contribution is -2.06. The molecule has 2 heterocycles. The maximum atomic E-state index is 9.66. The van der Waals surface area contributed by atoms with Crippen molar-refractivity contribution in [1.29, 1.82) is 0 Å². The third-order valence-electron chi connectivity index (χ3n) is 3.33. The lowest BCUT2D eigenvalue weighted by atomic mass is 9.89.